The number of rotatable bonds is 3. The van der Waals surface area contributed by atoms with E-state index in [1.807, 2.05) is 0 Å². The van der Waals surface area contributed by atoms with Crippen LogP contribution in [0.4, 0.5) is 0 Å². The molecular weight excluding hydrogens is 248 g/mol. The van der Waals surface area contributed by atoms with Gasteiger partial charge in [0.15, 0.2) is 9.84 Å². The molecule has 2 rings (SSSR count). The molecule has 5 heteroatoms. The lowest BCUT2D eigenvalue weighted by Gasteiger charge is -2.35. The number of carbonyl (C=O) groups excluding carboxylic acids is 1. The Morgan fingerprint density at radius 1 is 1.19 bits per heavy atom. The van der Waals surface area contributed by atoms with Crippen molar-refractivity contribution in [2.24, 2.45) is 0 Å². The molecule has 0 heterocycles. The van der Waals surface area contributed by atoms with Crippen LogP contribution in [-0.2, 0) is 14.6 Å². The predicted octanol–water partition coefficient (Wildman–Crippen LogP) is 2.24. The van der Waals surface area contributed by atoms with E-state index in [9.17, 15) is 13.2 Å². The molecule has 1 saturated carbocycles. The number of halogens is 1. The normalized spacial score (nSPS) is 18.8. The van der Waals surface area contributed by atoms with Crippen LogP contribution in [0.3, 0.4) is 0 Å². The number of hydrogen-bond donors (Lipinski definition) is 0. The molecule has 0 unspecified atom stereocenters. The molecule has 86 valence electrons. The molecule has 0 aromatic heterocycles. The van der Waals surface area contributed by atoms with Crippen LogP contribution < -0.4 is 0 Å². The first-order valence-electron chi connectivity index (χ1n) is 4.98. The van der Waals surface area contributed by atoms with Crippen LogP contribution in [0.25, 0.3) is 0 Å². The maximum Gasteiger partial charge on any atom is 0.190 e. The van der Waals surface area contributed by atoms with Gasteiger partial charge in [-0.1, -0.05) is 11.6 Å². The zero-order valence-corrected chi connectivity index (χ0v) is 10.1. The van der Waals surface area contributed by atoms with Crippen molar-refractivity contribution in [3.63, 3.8) is 0 Å². The molecule has 0 spiro atoms. The number of benzene rings is 1. The molecule has 0 radical (unpaired) electrons. The van der Waals surface area contributed by atoms with Gasteiger partial charge in [-0.05, 0) is 43.5 Å². The van der Waals surface area contributed by atoms with Crippen LogP contribution in [0.2, 0.25) is 5.02 Å². The van der Waals surface area contributed by atoms with Crippen LogP contribution in [-0.4, -0.2) is 19.5 Å². The molecule has 0 saturated heterocycles. The van der Waals surface area contributed by atoms with Gasteiger partial charge in [-0.15, -0.1) is 0 Å². The Balaban J connectivity index is 2.46. The smallest absolute Gasteiger partial charge is 0.190 e. The summed E-state index contributed by atoms with van der Waals surface area (Å²) in [7, 11) is -3.56. The van der Waals surface area contributed by atoms with E-state index in [1.54, 1.807) is 0 Å². The van der Waals surface area contributed by atoms with Crippen LogP contribution >= 0.6 is 11.6 Å². The van der Waals surface area contributed by atoms with E-state index in [0.717, 1.165) is 6.42 Å². The van der Waals surface area contributed by atoms with Crippen molar-refractivity contribution in [2.45, 2.75) is 28.9 Å². The monoisotopic (exact) mass is 258 g/mol. The van der Waals surface area contributed by atoms with E-state index in [-0.39, 0.29) is 4.90 Å². The molecule has 1 aromatic carbocycles. The topological polar surface area (TPSA) is 51.2 Å². The Labute approximate surface area is 99.3 Å². The largest absolute Gasteiger partial charge is 0.302 e. The number of hydrogen-bond acceptors (Lipinski definition) is 3. The first-order valence-corrected chi connectivity index (χ1v) is 6.84. The van der Waals surface area contributed by atoms with Crippen LogP contribution in [0.15, 0.2) is 29.2 Å². The standard InChI is InChI=1S/C11H11ClO3S/c12-9-2-4-10(5-3-9)16(14,15)11(8-13)6-1-7-11/h2-5,8H,1,6-7H2. The summed E-state index contributed by atoms with van der Waals surface area (Å²) in [5, 5.41) is 0.479. The summed E-state index contributed by atoms with van der Waals surface area (Å²) in [5.41, 5.74) is 0. The van der Waals surface area contributed by atoms with Crippen molar-refractivity contribution in [3.05, 3.63) is 29.3 Å². The quantitative estimate of drug-likeness (QED) is 0.782. The summed E-state index contributed by atoms with van der Waals surface area (Å²) in [4.78, 5) is 11.2. The highest BCUT2D eigenvalue weighted by molar-refractivity contribution is 7.93. The van der Waals surface area contributed by atoms with Crippen molar-refractivity contribution in [1.29, 1.82) is 0 Å². The molecule has 0 atom stereocenters. The van der Waals surface area contributed by atoms with Gasteiger partial charge in [0, 0.05) is 5.02 Å². The minimum atomic E-state index is -3.56. The molecule has 16 heavy (non-hydrogen) atoms. The van der Waals surface area contributed by atoms with Crippen LogP contribution in [0, 0.1) is 0 Å². The van der Waals surface area contributed by atoms with Crippen molar-refractivity contribution in [3.8, 4) is 0 Å². The average molecular weight is 259 g/mol. The molecule has 0 N–H and O–H groups in total. The Morgan fingerprint density at radius 2 is 1.75 bits per heavy atom. The summed E-state index contributed by atoms with van der Waals surface area (Å²) in [6, 6.07) is 5.93. The summed E-state index contributed by atoms with van der Waals surface area (Å²) in [6.45, 7) is 0. The van der Waals surface area contributed by atoms with Crippen molar-refractivity contribution >= 4 is 27.7 Å². The Kier molecular flexibility index (Phi) is 2.80. The van der Waals surface area contributed by atoms with Gasteiger partial charge in [-0.3, -0.25) is 0 Å². The molecule has 0 aliphatic heterocycles. The van der Waals surface area contributed by atoms with Gasteiger partial charge in [0.25, 0.3) is 0 Å². The first-order chi connectivity index (χ1) is 7.52. The fourth-order valence-corrected chi connectivity index (χ4v) is 3.87. The summed E-state index contributed by atoms with van der Waals surface area (Å²) >= 11 is 5.69. The molecule has 1 fully saturated rings. The molecule has 3 nitrogen and oxygen atoms in total. The van der Waals surface area contributed by atoms with Gasteiger partial charge in [0.05, 0.1) is 4.90 Å². The highest BCUT2D eigenvalue weighted by atomic mass is 35.5. The van der Waals surface area contributed by atoms with Gasteiger partial charge in [-0.25, -0.2) is 8.42 Å². The van der Waals surface area contributed by atoms with E-state index in [4.69, 9.17) is 11.6 Å². The fourth-order valence-electron chi connectivity index (χ4n) is 1.82. The maximum atomic E-state index is 12.2. The second kappa shape index (κ2) is 3.86. The minimum Gasteiger partial charge on any atom is -0.302 e. The van der Waals surface area contributed by atoms with Gasteiger partial charge < -0.3 is 4.79 Å². The third kappa shape index (κ3) is 1.57. The van der Waals surface area contributed by atoms with E-state index >= 15 is 0 Å². The second-order valence-electron chi connectivity index (χ2n) is 3.99. The lowest BCUT2D eigenvalue weighted by molar-refractivity contribution is -0.111. The summed E-state index contributed by atoms with van der Waals surface area (Å²) in [5.74, 6) is 0. The molecule has 1 aliphatic rings. The Morgan fingerprint density at radius 3 is 2.12 bits per heavy atom. The molecule has 0 bridgehead atoms. The third-order valence-electron chi connectivity index (χ3n) is 3.07. The van der Waals surface area contributed by atoms with Gasteiger partial charge >= 0.3 is 0 Å². The molecule has 1 aromatic rings. The number of carbonyl (C=O) groups is 1. The van der Waals surface area contributed by atoms with E-state index in [0.29, 0.717) is 24.2 Å². The van der Waals surface area contributed by atoms with E-state index < -0.39 is 14.6 Å². The zero-order valence-electron chi connectivity index (χ0n) is 8.52. The molecule has 0 amide bonds. The van der Waals surface area contributed by atoms with Crippen molar-refractivity contribution in [1.82, 2.24) is 0 Å². The van der Waals surface area contributed by atoms with Crippen LogP contribution in [0.5, 0.6) is 0 Å². The predicted molar refractivity (Wildman–Crippen MR) is 61.3 cm³/mol. The lowest BCUT2D eigenvalue weighted by Crippen LogP contribution is -2.46. The summed E-state index contributed by atoms with van der Waals surface area (Å²) < 4.78 is 23.2. The van der Waals surface area contributed by atoms with Gasteiger partial charge in [0.2, 0.25) is 0 Å². The molecular formula is C11H11ClO3S. The van der Waals surface area contributed by atoms with Crippen LogP contribution in [0.1, 0.15) is 19.3 Å². The highest BCUT2D eigenvalue weighted by Crippen LogP contribution is 2.41. The average Bonchev–Trinajstić information content (AvgIpc) is 2.17. The Hall–Kier alpha value is -0.870. The van der Waals surface area contributed by atoms with Crippen molar-refractivity contribution in [2.75, 3.05) is 0 Å². The summed E-state index contributed by atoms with van der Waals surface area (Å²) in [6.07, 6.45) is 2.19. The zero-order chi connectivity index (χ0) is 11.8. The minimum absolute atomic E-state index is 0.170. The van der Waals surface area contributed by atoms with E-state index in [1.165, 1.54) is 24.3 Å². The lowest BCUT2D eigenvalue weighted by atomic mass is 9.86. The second-order valence-corrected chi connectivity index (χ2v) is 6.72. The first kappa shape index (κ1) is 11.6. The molecule has 1 aliphatic carbocycles. The SMILES string of the molecule is O=CC1(S(=O)(=O)c2ccc(Cl)cc2)CCC1. The van der Waals surface area contributed by atoms with E-state index in [2.05, 4.69) is 0 Å². The number of sulfone groups is 1. The third-order valence-corrected chi connectivity index (χ3v) is 5.79. The highest BCUT2D eigenvalue weighted by Gasteiger charge is 2.49. The fraction of sp³-hybridized carbons (Fsp3) is 0.364. The number of aldehydes is 1. The maximum absolute atomic E-state index is 12.2. The Bertz CT molecular complexity index is 501. The van der Waals surface area contributed by atoms with Gasteiger partial charge in [0.1, 0.15) is 11.0 Å². The van der Waals surface area contributed by atoms with Gasteiger partial charge in [-0.2, -0.15) is 0 Å². The van der Waals surface area contributed by atoms with Crippen molar-refractivity contribution < 1.29 is 13.2 Å².